The second-order valence-corrected chi connectivity index (χ2v) is 1.45. The Hall–Kier alpha value is -0.570. The SMILES string of the molecule is CC.CC.CCNCC(=O)NC. The van der Waals surface area contributed by atoms with Crippen molar-refractivity contribution in [2.45, 2.75) is 34.6 Å². The molecule has 0 aromatic rings. The van der Waals surface area contributed by atoms with E-state index in [2.05, 4.69) is 10.6 Å². The highest BCUT2D eigenvalue weighted by Crippen LogP contribution is 1.57. The molecule has 0 aromatic heterocycles. The fourth-order valence-electron chi connectivity index (χ4n) is 0.327. The van der Waals surface area contributed by atoms with Gasteiger partial charge >= 0.3 is 0 Å². The summed E-state index contributed by atoms with van der Waals surface area (Å²) in [5, 5.41) is 5.39. The molecule has 2 N–H and O–H groups in total. The highest BCUT2D eigenvalue weighted by molar-refractivity contribution is 5.77. The molecule has 0 aromatic carbocycles. The number of carbonyl (C=O) groups is 1. The zero-order chi connectivity index (χ0) is 10.4. The van der Waals surface area contributed by atoms with Crippen molar-refractivity contribution in [1.82, 2.24) is 10.6 Å². The number of rotatable bonds is 3. The largest absolute Gasteiger partial charge is 0.358 e. The summed E-state index contributed by atoms with van der Waals surface area (Å²) >= 11 is 0. The van der Waals surface area contributed by atoms with Crippen LogP contribution < -0.4 is 10.6 Å². The number of hydrogen-bond donors (Lipinski definition) is 2. The van der Waals surface area contributed by atoms with Crippen LogP contribution in [0.3, 0.4) is 0 Å². The van der Waals surface area contributed by atoms with E-state index in [9.17, 15) is 4.79 Å². The predicted molar refractivity (Wildman–Crippen MR) is 55.3 cm³/mol. The first-order valence-electron chi connectivity index (χ1n) is 4.72. The molecule has 1 amide bonds. The van der Waals surface area contributed by atoms with E-state index >= 15 is 0 Å². The minimum atomic E-state index is 0.0341. The van der Waals surface area contributed by atoms with Gasteiger partial charge in [0.05, 0.1) is 6.54 Å². The topological polar surface area (TPSA) is 41.1 Å². The van der Waals surface area contributed by atoms with E-state index in [4.69, 9.17) is 0 Å². The summed E-state index contributed by atoms with van der Waals surface area (Å²) in [6.07, 6.45) is 0. The van der Waals surface area contributed by atoms with E-state index in [0.29, 0.717) is 6.54 Å². The van der Waals surface area contributed by atoms with Crippen molar-refractivity contribution in [1.29, 1.82) is 0 Å². The molecule has 0 unspecified atom stereocenters. The molecule has 0 bridgehead atoms. The molecule has 0 aliphatic heterocycles. The molecule has 0 spiro atoms. The van der Waals surface area contributed by atoms with Crippen LogP contribution in [0.25, 0.3) is 0 Å². The first-order valence-corrected chi connectivity index (χ1v) is 4.72. The summed E-state index contributed by atoms with van der Waals surface area (Å²) in [5.74, 6) is 0.0341. The van der Waals surface area contributed by atoms with Crippen molar-refractivity contribution < 1.29 is 4.79 Å². The van der Waals surface area contributed by atoms with E-state index in [-0.39, 0.29) is 5.91 Å². The van der Waals surface area contributed by atoms with Crippen LogP contribution in [0, 0.1) is 0 Å². The molecule has 0 fully saturated rings. The Balaban J connectivity index is -0.000000175. The van der Waals surface area contributed by atoms with Crippen LogP contribution in [0.2, 0.25) is 0 Å². The molecule has 12 heavy (non-hydrogen) atoms. The Morgan fingerprint density at radius 1 is 1.17 bits per heavy atom. The van der Waals surface area contributed by atoms with Crippen molar-refractivity contribution in [3.63, 3.8) is 0 Å². The van der Waals surface area contributed by atoms with E-state index in [1.165, 1.54) is 0 Å². The van der Waals surface area contributed by atoms with Gasteiger partial charge in [-0.1, -0.05) is 34.6 Å². The summed E-state index contributed by atoms with van der Waals surface area (Å²) in [7, 11) is 1.62. The molecule has 0 aliphatic carbocycles. The molecule has 3 nitrogen and oxygen atoms in total. The number of carbonyl (C=O) groups excluding carboxylic acids is 1. The Bertz CT molecular complexity index is 74.9. The van der Waals surface area contributed by atoms with Crippen LogP contribution >= 0.6 is 0 Å². The van der Waals surface area contributed by atoms with E-state index in [0.717, 1.165) is 6.54 Å². The third kappa shape index (κ3) is 22.7. The lowest BCUT2D eigenvalue weighted by molar-refractivity contribution is -0.119. The zero-order valence-electron chi connectivity index (χ0n) is 9.32. The third-order valence-corrected chi connectivity index (χ3v) is 0.814. The number of hydrogen-bond acceptors (Lipinski definition) is 2. The van der Waals surface area contributed by atoms with Gasteiger partial charge in [0, 0.05) is 7.05 Å². The summed E-state index contributed by atoms with van der Waals surface area (Å²) in [5.41, 5.74) is 0. The van der Waals surface area contributed by atoms with E-state index < -0.39 is 0 Å². The van der Waals surface area contributed by atoms with Gasteiger partial charge in [0.1, 0.15) is 0 Å². The number of likely N-dealkylation sites (N-methyl/N-ethyl adjacent to an activating group) is 2. The third-order valence-electron chi connectivity index (χ3n) is 0.814. The number of nitrogens with one attached hydrogen (secondary N) is 2. The van der Waals surface area contributed by atoms with Gasteiger partial charge in [0.25, 0.3) is 0 Å². The lowest BCUT2D eigenvalue weighted by Gasteiger charge is -1.97. The van der Waals surface area contributed by atoms with Crippen LogP contribution in [0.5, 0.6) is 0 Å². The van der Waals surface area contributed by atoms with Gasteiger partial charge < -0.3 is 10.6 Å². The molecule has 0 radical (unpaired) electrons. The van der Waals surface area contributed by atoms with Gasteiger partial charge in [-0.25, -0.2) is 0 Å². The maximum absolute atomic E-state index is 10.4. The van der Waals surface area contributed by atoms with Crippen LogP contribution in [-0.2, 0) is 4.79 Å². The van der Waals surface area contributed by atoms with Gasteiger partial charge in [-0.15, -0.1) is 0 Å². The maximum atomic E-state index is 10.4. The fraction of sp³-hybridized carbons (Fsp3) is 0.889. The molecule has 0 saturated heterocycles. The van der Waals surface area contributed by atoms with Crippen molar-refractivity contribution >= 4 is 5.91 Å². The van der Waals surface area contributed by atoms with Crippen molar-refractivity contribution in [3.8, 4) is 0 Å². The molecule has 76 valence electrons. The van der Waals surface area contributed by atoms with E-state index in [1.807, 2.05) is 34.6 Å². The van der Waals surface area contributed by atoms with Crippen LogP contribution in [0.15, 0.2) is 0 Å². The Labute approximate surface area is 76.9 Å². The first-order chi connectivity index (χ1) is 5.81. The summed E-state index contributed by atoms with van der Waals surface area (Å²) in [6.45, 7) is 11.2. The Morgan fingerprint density at radius 2 is 1.58 bits per heavy atom. The summed E-state index contributed by atoms with van der Waals surface area (Å²) in [6, 6.07) is 0. The smallest absolute Gasteiger partial charge is 0.233 e. The molecule has 0 heterocycles. The minimum absolute atomic E-state index is 0.0341. The van der Waals surface area contributed by atoms with Crippen LogP contribution in [0.1, 0.15) is 34.6 Å². The minimum Gasteiger partial charge on any atom is -0.358 e. The Morgan fingerprint density at radius 3 is 1.83 bits per heavy atom. The lowest BCUT2D eigenvalue weighted by Crippen LogP contribution is -2.30. The van der Waals surface area contributed by atoms with Crippen molar-refractivity contribution in [2.75, 3.05) is 20.1 Å². The van der Waals surface area contributed by atoms with Crippen LogP contribution in [0.4, 0.5) is 0 Å². The fourth-order valence-corrected chi connectivity index (χ4v) is 0.327. The molecule has 0 aliphatic rings. The lowest BCUT2D eigenvalue weighted by atomic mass is 10.6. The molecule has 0 atom stereocenters. The van der Waals surface area contributed by atoms with Gasteiger partial charge in [-0.3, -0.25) is 4.79 Å². The molecular weight excluding hydrogens is 152 g/mol. The quantitative estimate of drug-likeness (QED) is 0.682. The zero-order valence-corrected chi connectivity index (χ0v) is 9.32. The Kier molecular flexibility index (Phi) is 32.7. The van der Waals surface area contributed by atoms with Gasteiger partial charge in [-0.2, -0.15) is 0 Å². The molecule has 0 saturated carbocycles. The molecule has 3 heteroatoms. The monoisotopic (exact) mass is 176 g/mol. The van der Waals surface area contributed by atoms with Crippen molar-refractivity contribution in [3.05, 3.63) is 0 Å². The molecular formula is C9H24N2O. The second kappa shape index (κ2) is 22.4. The normalized spacial score (nSPS) is 6.83. The number of amides is 1. The van der Waals surface area contributed by atoms with Gasteiger partial charge in [0.2, 0.25) is 5.91 Å². The van der Waals surface area contributed by atoms with Gasteiger partial charge in [0.15, 0.2) is 0 Å². The first kappa shape index (κ1) is 17.5. The van der Waals surface area contributed by atoms with E-state index in [1.54, 1.807) is 7.05 Å². The summed E-state index contributed by atoms with van der Waals surface area (Å²) in [4.78, 5) is 10.4. The maximum Gasteiger partial charge on any atom is 0.233 e. The standard InChI is InChI=1S/C5H12N2O.2C2H6/c1-3-7-4-5(8)6-2;2*1-2/h7H,3-4H2,1-2H3,(H,6,8);2*1-2H3. The average molecular weight is 176 g/mol. The second-order valence-electron chi connectivity index (χ2n) is 1.45. The predicted octanol–water partition coefficient (Wildman–Crippen LogP) is 1.39. The summed E-state index contributed by atoms with van der Waals surface area (Å²) < 4.78 is 0. The van der Waals surface area contributed by atoms with Gasteiger partial charge in [-0.05, 0) is 6.54 Å². The highest BCUT2D eigenvalue weighted by atomic mass is 16.1. The van der Waals surface area contributed by atoms with Crippen molar-refractivity contribution in [2.24, 2.45) is 0 Å². The average Bonchev–Trinajstić information content (AvgIpc) is 2.20. The highest BCUT2D eigenvalue weighted by Gasteiger charge is 1.91. The van der Waals surface area contributed by atoms with Crippen LogP contribution in [-0.4, -0.2) is 26.0 Å². The molecule has 0 rings (SSSR count).